The van der Waals surface area contributed by atoms with E-state index in [1.807, 2.05) is 26.0 Å². The first-order valence-corrected chi connectivity index (χ1v) is 8.75. The normalized spacial score (nSPS) is 11.0. The maximum Gasteiger partial charge on any atom is 0.338 e. The van der Waals surface area contributed by atoms with E-state index in [4.69, 9.17) is 4.74 Å². The standard InChI is InChI=1S/C21H23F2NO3/c1-12(2)14-8-9-15(16(10-14)13(3)4)21(26)27-11-19(25)24-20-17(22)6-5-7-18(20)23/h5-10,12-13H,11H2,1-4H3,(H,24,25). The van der Waals surface area contributed by atoms with E-state index in [1.54, 1.807) is 6.07 Å². The van der Waals surface area contributed by atoms with Crippen LogP contribution >= 0.6 is 0 Å². The van der Waals surface area contributed by atoms with Crippen molar-refractivity contribution < 1.29 is 23.1 Å². The van der Waals surface area contributed by atoms with Crippen LogP contribution in [-0.2, 0) is 9.53 Å². The summed E-state index contributed by atoms with van der Waals surface area (Å²) < 4.78 is 32.2. The highest BCUT2D eigenvalue weighted by molar-refractivity contribution is 5.96. The van der Waals surface area contributed by atoms with Crippen molar-refractivity contribution in [3.05, 3.63) is 64.7 Å². The third-order valence-corrected chi connectivity index (χ3v) is 4.15. The summed E-state index contributed by atoms with van der Waals surface area (Å²) >= 11 is 0. The van der Waals surface area contributed by atoms with Gasteiger partial charge < -0.3 is 10.1 Å². The Labute approximate surface area is 157 Å². The summed E-state index contributed by atoms with van der Waals surface area (Å²) in [6.07, 6.45) is 0. The fraction of sp³-hybridized carbons (Fsp3) is 0.333. The van der Waals surface area contributed by atoms with E-state index in [1.165, 1.54) is 6.07 Å². The number of hydrogen-bond donors (Lipinski definition) is 1. The molecular weight excluding hydrogens is 352 g/mol. The summed E-state index contributed by atoms with van der Waals surface area (Å²) in [5.41, 5.74) is 1.73. The third kappa shape index (κ3) is 5.12. The SMILES string of the molecule is CC(C)c1ccc(C(=O)OCC(=O)Nc2c(F)cccc2F)c(C(C)C)c1. The molecule has 4 nitrogen and oxygen atoms in total. The molecule has 0 aliphatic carbocycles. The molecule has 6 heteroatoms. The molecule has 0 radical (unpaired) electrons. The van der Waals surface area contributed by atoms with Crippen LogP contribution < -0.4 is 5.32 Å². The Morgan fingerprint density at radius 1 is 1.00 bits per heavy atom. The number of amides is 1. The molecule has 0 fully saturated rings. The van der Waals surface area contributed by atoms with Gasteiger partial charge in [-0.2, -0.15) is 0 Å². The maximum absolute atomic E-state index is 13.6. The number of carbonyl (C=O) groups is 2. The number of nitrogens with one attached hydrogen (secondary N) is 1. The Morgan fingerprint density at radius 2 is 1.63 bits per heavy atom. The number of hydrogen-bond acceptors (Lipinski definition) is 3. The lowest BCUT2D eigenvalue weighted by Crippen LogP contribution is -2.22. The number of para-hydroxylation sites is 1. The van der Waals surface area contributed by atoms with Crippen molar-refractivity contribution in [3.8, 4) is 0 Å². The first-order chi connectivity index (χ1) is 12.7. The van der Waals surface area contributed by atoms with Crippen molar-refractivity contribution in [1.29, 1.82) is 0 Å². The van der Waals surface area contributed by atoms with E-state index in [0.717, 1.165) is 23.3 Å². The van der Waals surface area contributed by atoms with Gasteiger partial charge in [0, 0.05) is 0 Å². The molecule has 0 aliphatic heterocycles. The van der Waals surface area contributed by atoms with Gasteiger partial charge in [0.2, 0.25) is 0 Å². The van der Waals surface area contributed by atoms with Gasteiger partial charge in [-0.1, -0.05) is 45.9 Å². The number of ether oxygens (including phenoxy) is 1. The van der Waals surface area contributed by atoms with Crippen molar-refractivity contribution in [2.24, 2.45) is 0 Å². The average Bonchev–Trinajstić information content (AvgIpc) is 2.62. The molecule has 0 heterocycles. The lowest BCUT2D eigenvalue weighted by Gasteiger charge is -2.15. The highest BCUT2D eigenvalue weighted by Gasteiger charge is 2.19. The number of benzene rings is 2. The highest BCUT2D eigenvalue weighted by atomic mass is 19.1. The molecule has 0 atom stereocenters. The minimum absolute atomic E-state index is 0.0904. The number of anilines is 1. The molecule has 2 aromatic rings. The van der Waals surface area contributed by atoms with Crippen LogP contribution in [0.25, 0.3) is 0 Å². The molecule has 0 aromatic heterocycles. The Hall–Kier alpha value is -2.76. The van der Waals surface area contributed by atoms with Crippen LogP contribution in [0.15, 0.2) is 36.4 Å². The molecule has 0 bridgehead atoms. The van der Waals surface area contributed by atoms with Gasteiger partial charge in [0.1, 0.15) is 17.3 Å². The summed E-state index contributed by atoms with van der Waals surface area (Å²) in [6.45, 7) is 7.40. The van der Waals surface area contributed by atoms with E-state index in [2.05, 4.69) is 19.2 Å². The van der Waals surface area contributed by atoms with E-state index < -0.39 is 35.8 Å². The van der Waals surface area contributed by atoms with Crippen LogP contribution in [0.1, 0.15) is 61.0 Å². The highest BCUT2D eigenvalue weighted by Crippen LogP contribution is 2.25. The Bertz CT molecular complexity index is 827. The van der Waals surface area contributed by atoms with Gasteiger partial charge in [-0.25, -0.2) is 13.6 Å². The second-order valence-corrected chi connectivity index (χ2v) is 6.88. The number of carbonyl (C=O) groups excluding carboxylic acids is 2. The fourth-order valence-corrected chi connectivity index (χ4v) is 2.61. The fourth-order valence-electron chi connectivity index (χ4n) is 2.61. The van der Waals surface area contributed by atoms with Crippen molar-refractivity contribution in [2.75, 3.05) is 11.9 Å². The summed E-state index contributed by atoms with van der Waals surface area (Å²) in [4.78, 5) is 24.3. The van der Waals surface area contributed by atoms with Crippen LogP contribution in [0.4, 0.5) is 14.5 Å². The predicted molar refractivity (Wildman–Crippen MR) is 99.9 cm³/mol. The monoisotopic (exact) mass is 375 g/mol. The van der Waals surface area contributed by atoms with Crippen LogP contribution in [0.2, 0.25) is 0 Å². The van der Waals surface area contributed by atoms with Gasteiger partial charge in [0.25, 0.3) is 5.91 Å². The molecule has 1 amide bonds. The Morgan fingerprint density at radius 3 is 2.19 bits per heavy atom. The molecule has 0 spiro atoms. The summed E-state index contributed by atoms with van der Waals surface area (Å²) in [5, 5.41) is 2.08. The van der Waals surface area contributed by atoms with Crippen LogP contribution in [0, 0.1) is 11.6 Å². The molecule has 2 rings (SSSR count). The van der Waals surface area contributed by atoms with E-state index >= 15 is 0 Å². The lowest BCUT2D eigenvalue weighted by molar-refractivity contribution is -0.119. The summed E-state index contributed by atoms with van der Waals surface area (Å²) in [6, 6.07) is 8.73. The van der Waals surface area contributed by atoms with Crippen molar-refractivity contribution in [3.63, 3.8) is 0 Å². The molecule has 1 N–H and O–H groups in total. The van der Waals surface area contributed by atoms with E-state index in [9.17, 15) is 18.4 Å². The van der Waals surface area contributed by atoms with E-state index in [-0.39, 0.29) is 5.92 Å². The number of halogens is 2. The average molecular weight is 375 g/mol. The number of rotatable bonds is 6. The van der Waals surface area contributed by atoms with Crippen LogP contribution in [0.3, 0.4) is 0 Å². The largest absolute Gasteiger partial charge is 0.452 e. The Kier molecular flexibility index (Phi) is 6.66. The third-order valence-electron chi connectivity index (χ3n) is 4.15. The zero-order valence-electron chi connectivity index (χ0n) is 15.8. The van der Waals surface area contributed by atoms with E-state index in [0.29, 0.717) is 11.5 Å². The molecule has 0 saturated carbocycles. The Balaban J connectivity index is 2.08. The lowest BCUT2D eigenvalue weighted by atomic mass is 9.91. The zero-order valence-corrected chi connectivity index (χ0v) is 15.8. The first-order valence-electron chi connectivity index (χ1n) is 8.75. The molecule has 144 valence electrons. The molecule has 0 unspecified atom stereocenters. The van der Waals surface area contributed by atoms with Crippen LogP contribution in [0.5, 0.6) is 0 Å². The molecule has 27 heavy (non-hydrogen) atoms. The maximum atomic E-state index is 13.6. The van der Waals surface area contributed by atoms with Gasteiger partial charge >= 0.3 is 5.97 Å². The molecular formula is C21H23F2NO3. The first kappa shape index (κ1) is 20.6. The van der Waals surface area contributed by atoms with Crippen molar-refractivity contribution in [1.82, 2.24) is 0 Å². The van der Waals surface area contributed by atoms with Gasteiger partial charge in [-0.3, -0.25) is 4.79 Å². The smallest absolute Gasteiger partial charge is 0.338 e. The van der Waals surface area contributed by atoms with Gasteiger partial charge in [0.05, 0.1) is 5.56 Å². The minimum Gasteiger partial charge on any atom is -0.452 e. The summed E-state index contributed by atoms with van der Waals surface area (Å²) in [5.74, 6) is -2.88. The molecule has 0 aliphatic rings. The zero-order chi connectivity index (χ0) is 20.1. The molecule has 0 saturated heterocycles. The van der Waals surface area contributed by atoms with Gasteiger partial charge in [0.15, 0.2) is 6.61 Å². The van der Waals surface area contributed by atoms with Crippen molar-refractivity contribution in [2.45, 2.75) is 39.5 Å². The summed E-state index contributed by atoms with van der Waals surface area (Å²) in [7, 11) is 0. The quantitative estimate of drug-likeness (QED) is 0.723. The second-order valence-electron chi connectivity index (χ2n) is 6.88. The predicted octanol–water partition coefficient (Wildman–Crippen LogP) is 5.01. The number of esters is 1. The van der Waals surface area contributed by atoms with Gasteiger partial charge in [-0.05, 0) is 41.2 Å². The van der Waals surface area contributed by atoms with Gasteiger partial charge in [-0.15, -0.1) is 0 Å². The minimum atomic E-state index is -0.902. The molecule has 2 aromatic carbocycles. The topological polar surface area (TPSA) is 55.4 Å². The van der Waals surface area contributed by atoms with Crippen molar-refractivity contribution >= 4 is 17.6 Å². The second kappa shape index (κ2) is 8.75. The van der Waals surface area contributed by atoms with Crippen LogP contribution in [-0.4, -0.2) is 18.5 Å².